The Kier molecular flexibility index (Phi) is 5.62. The summed E-state index contributed by atoms with van der Waals surface area (Å²) in [4.78, 5) is 23.6. The largest absolute Gasteiger partial charge is 0.478 e. The predicted octanol–water partition coefficient (Wildman–Crippen LogP) is 1.29. The molecule has 2 aromatic rings. The van der Waals surface area contributed by atoms with E-state index in [1.807, 2.05) is 30.3 Å². The Bertz CT molecular complexity index is 770. The van der Waals surface area contributed by atoms with Crippen LogP contribution in [0.5, 0.6) is 0 Å². The molecule has 0 radical (unpaired) electrons. The minimum atomic E-state index is -1.26. The third kappa shape index (κ3) is 4.61. The van der Waals surface area contributed by atoms with Crippen LogP contribution < -0.4 is 0 Å². The van der Waals surface area contributed by atoms with E-state index in [9.17, 15) is 19.8 Å². The highest BCUT2D eigenvalue weighted by Gasteiger charge is 2.25. The molecule has 0 aliphatic heterocycles. The maximum Gasteiger partial charge on any atom is 0.328 e. The lowest BCUT2D eigenvalue weighted by atomic mass is 9.90. The summed E-state index contributed by atoms with van der Waals surface area (Å²) < 4.78 is 0. The van der Waals surface area contributed by atoms with E-state index in [-0.39, 0.29) is 0 Å². The van der Waals surface area contributed by atoms with E-state index in [2.05, 4.69) is 4.98 Å². The lowest BCUT2D eigenvalue weighted by Crippen LogP contribution is -2.23. The second-order valence-electron chi connectivity index (χ2n) is 5.34. The molecule has 0 bridgehead atoms. The van der Waals surface area contributed by atoms with Crippen LogP contribution in [0.25, 0.3) is 10.9 Å². The highest BCUT2D eigenvalue weighted by molar-refractivity contribution is 5.89. The molecule has 1 aromatic carbocycles. The maximum absolute atomic E-state index is 9.89. The number of para-hydroxylation sites is 1. The Morgan fingerprint density at radius 1 is 1.08 bits per heavy atom. The van der Waals surface area contributed by atoms with Gasteiger partial charge in [-0.3, -0.25) is 4.98 Å². The van der Waals surface area contributed by atoms with Crippen LogP contribution in [-0.2, 0) is 16.0 Å². The van der Waals surface area contributed by atoms with Crippen molar-refractivity contribution in [3.63, 3.8) is 0 Å². The fourth-order valence-electron chi connectivity index (χ4n) is 2.46. The smallest absolute Gasteiger partial charge is 0.328 e. The second kappa shape index (κ2) is 7.67. The van der Waals surface area contributed by atoms with Crippen LogP contribution in [0.2, 0.25) is 0 Å². The van der Waals surface area contributed by atoms with Gasteiger partial charge in [-0.05, 0) is 12.1 Å². The summed E-state index contributed by atoms with van der Waals surface area (Å²) in [6.07, 6.45) is 1.00. The number of carbonyl (C=O) groups is 2. The summed E-state index contributed by atoms with van der Waals surface area (Å²) in [5, 5.41) is 36.2. The van der Waals surface area contributed by atoms with Crippen molar-refractivity contribution < 1.29 is 30.0 Å². The molecule has 2 atom stereocenters. The van der Waals surface area contributed by atoms with E-state index in [4.69, 9.17) is 10.2 Å². The Morgan fingerprint density at radius 2 is 1.71 bits per heavy atom. The highest BCUT2D eigenvalue weighted by atomic mass is 16.4. The number of carboxylic acid groups (broad SMARTS) is 2. The zero-order valence-corrected chi connectivity index (χ0v) is 12.7. The van der Waals surface area contributed by atoms with Crippen molar-refractivity contribution in [2.75, 3.05) is 0 Å². The third-order valence-electron chi connectivity index (χ3n) is 3.49. The van der Waals surface area contributed by atoms with Crippen molar-refractivity contribution in [1.82, 2.24) is 4.98 Å². The Balaban J connectivity index is 0.000000224. The lowest BCUT2D eigenvalue weighted by Gasteiger charge is -2.24. The van der Waals surface area contributed by atoms with Crippen LogP contribution in [0, 0.1) is 0 Å². The van der Waals surface area contributed by atoms with Gasteiger partial charge in [0.25, 0.3) is 0 Å². The average molecular weight is 331 g/mol. The number of aliphatic hydroxyl groups is 2. The molecule has 1 aromatic heterocycles. The fraction of sp³-hybridized carbons (Fsp3) is 0.235. The summed E-state index contributed by atoms with van der Waals surface area (Å²) >= 11 is 0. The number of fused-ring (bicyclic) bond motifs is 2. The van der Waals surface area contributed by atoms with Gasteiger partial charge in [0.2, 0.25) is 0 Å². The van der Waals surface area contributed by atoms with E-state index < -0.39 is 24.1 Å². The molecule has 7 nitrogen and oxygen atoms in total. The molecule has 2 unspecified atom stereocenters. The van der Waals surface area contributed by atoms with Crippen molar-refractivity contribution in [2.45, 2.75) is 25.0 Å². The van der Waals surface area contributed by atoms with E-state index >= 15 is 0 Å². The lowest BCUT2D eigenvalue weighted by molar-refractivity contribution is -0.134. The van der Waals surface area contributed by atoms with Crippen molar-refractivity contribution in [1.29, 1.82) is 0 Å². The molecule has 1 aliphatic rings. The molecular weight excluding hydrogens is 314 g/mol. The van der Waals surface area contributed by atoms with Gasteiger partial charge >= 0.3 is 11.9 Å². The third-order valence-corrected chi connectivity index (χ3v) is 3.49. The van der Waals surface area contributed by atoms with E-state index in [1.54, 1.807) is 0 Å². The summed E-state index contributed by atoms with van der Waals surface area (Å²) in [6.45, 7) is 0. The van der Waals surface area contributed by atoms with Gasteiger partial charge in [0.1, 0.15) is 0 Å². The number of hydrogen-bond donors (Lipinski definition) is 4. The molecule has 3 rings (SSSR count). The van der Waals surface area contributed by atoms with Crippen LogP contribution >= 0.6 is 0 Å². The topological polar surface area (TPSA) is 128 Å². The number of carboxylic acids is 2. The average Bonchev–Trinajstić information content (AvgIpc) is 2.52. The van der Waals surface area contributed by atoms with Crippen molar-refractivity contribution in [3.8, 4) is 0 Å². The number of pyridine rings is 1. The molecule has 126 valence electrons. The normalized spacial score (nSPS) is 19.4. The Labute approximate surface area is 137 Å². The van der Waals surface area contributed by atoms with Crippen molar-refractivity contribution >= 4 is 22.8 Å². The standard InChI is InChI=1S/C13H13NO2.C4H4O4/c15-9-6-12-10(13(16)7-9)5-8-3-1-2-4-11(8)14-12;5-3(6)1-2-4(7)8/h1-5,9,13,15-16H,6-7H2;1-2H,(H,5,6)(H,7,8)/b;2-1-. The number of aromatic nitrogens is 1. The molecular formula is C17H17NO6. The Morgan fingerprint density at radius 3 is 2.33 bits per heavy atom. The molecule has 4 N–H and O–H groups in total. The molecule has 1 aliphatic carbocycles. The van der Waals surface area contributed by atoms with Crippen molar-refractivity contribution in [3.05, 3.63) is 53.7 Å². The fourth-order valence-corrected chi connectivity index (χ4v) is 2.46. The molecule has 0 amide bonds. The first-order valence-corrected chi connectivity index (χ1v) is 7.25. The van der Waals surface area contributed by atoms with Gasteiger partial charge in [0.15, 0.2) is 0 Å². The SMILES string of the molecule is O=C(O)/C=C\C(=O)O.OC1Cc2nc3ccccc3cc2C(O)C1. The second-order valence-corrected chi connectivity index (χ2v) is 5.34. The number of nitrogens with zero attached hydrogens (tertiary/aromatic N) is 1. The van der Waals surface area contributed by atoms with Gasteiger partial charge in [0, 0.05) is 41.6 Å². The van der Waals surface area contributed by atoms with Gasteiger partial charge in [-0.25, -0.2) is 9.59 Å². The minimum Gasteiger partial charge on any atom is -0.478 e. The van der Waals surface area contributed by atoms with Crippen LogP contribution in [0.1, 0.15) is 23.8 Å². The number of hydrogen-bond acceptors (Lipinski definition) is 5. The first-order chi connectivity index (χ1) is 11.4. The summed E-state index contributed by atoms with van der Waals surface area (Å²) in [5.74, 6) is -2.51. The molecule has 24 heavy (non-hydrogen) atoms. The van der Waals surface area contributed by atoms with Gasteiger partial charge in [-0.1, -0.05) is 18.2 Å². The monoisotopic (exact) mass is 331 g/mol. The molecule has 0 saturated heterocycles. The van der Waals surface area contributed by atoms with Gasteiger partial charge in [-0.2, -0.15) is 0 Å². The highest BCUT2D eigenvalue weighted by Crippen LogP contribution is 2.30. The van der Waals surface area contributed by atoms with Gasteiger partial charge < -0.3 is 20.4 Å². The molecule has 0 saturated carbocycles. The summed E-state index contributed by atoms with van der Waals surface area (Å²) in [7, 11) is 0. The predicted molar refractivity (Wildman–Crippen MR) is 85.4 cm³/mol. The van der Waals surface area contributed by atoms with Crippen LogP contribution in [0.3, 0.4) is 0 Å². The van der Waals surface area contributed by atoms with Gasteiger partial charge in [-0.15, -0.1) is 0 Å². The number of rotatable bonds is 2. The van der Waals surface area contributed by atoms with Crippen molar-refractivity contribution in [2.24, 2.45) is 0 Å². The first-order valence-electron chi connectivity index (χ1n) is 7.25. The molecule has 7 heteroatoms. The van der Waals surface area contributed by atoms with E-state index in [0.29, 0.717) is 25.0 Å². The van der Waals surface area contributed by atoms with Crippen LogP contribution in [0.4, 0.5) is 0 Å². The zero-order chi connectivity index (χ0) is 17.7. The summed E-state index contributed by atoms with van der Waals surface area (Å²) in [6, 6.07) is 9.81. The van der Waals surface area contributed by atoms with E-state index in [0.717, 1.165) is 22.2 Å². The first kappa shape index (κ1) is 17.6. The quantitative estimate of drug-likeness (QED) is 0.610. The number of aliphatic carboxylic acids is 2. The molecule has 0 spiro atoms. The summed E-state index contributed by atoms with van der Waals surface area (Å²) in [5.41, 5.74) is 2.61. The minimum absolute atomic E-state index is 0.410. The maximum atomic E-state index is 9.89. The zero-order valence-electron chi connectivity index (χ0n) is 12.7. The number of aliphatic hydroxyl groups excluding tert-OH is 2. The molecule has 1 heterocycles. The van der Waals surface area contributed by atoms with Crippen LogP contribution in [0.15, 0.2) is 42.5 Å². The Hall–Kier alpha value is -2.77. The van der Waals surface area contributed by atoms with E-state index in [1.165, 1.54) is 0 Å². The van der Waals surface area contributed by atoms with Crippen LogP contribution in [-0.4, -0.2) is 43.5 Å². The molecule has 0 fully saturated rings. The van der Waals surface area contributed by atoms with Gasteiger partial charge in [0.05, 0.1) is 17.7 Å². The number of benzene rings is 1.